The molecule has 0 aliphatic rings. The van der Waals surface area contributed by atoms with Crippen molar-refractivity contribution in [1.29, 1.82) is 0 Å². The predicted molar refractivity (Wildman–Crippen MR) is 43.9 cm³/mol. The molecule has 0 rings (SSSR count). The van der Waals surface area contributed by atoms with Crippen molar-refractivity contribution in [1.82, 2.24) is 0 Å². The van der Waals surface area contributed by atoms with Crippen molar-refractivity contribution in [2.45, 2.75) is 34.1 Å². The van der Waals surface area contributed by atoms with Gasteiger partial charge in [-0.15, -0.1) is 0 Å². The van der Waals surface area contributed by atoms with Crippen LogP contribution in [0.2, 0.25) is 0 Å². The zero-order valence-electron chi connectivity index (χ0n) is 7.27. The molecule has 1 heteroatoms. The average Bonchev–Trinajstić information content (AvgIpc) is 1.87. The van der Waals surface area contributed by atoms with Gasteiger partial charge in [0.15, 0.2) is 0 Å². The van der Waals surface area contributed by atoms with E-state index in [2.05, 4.69) is 0 Å². The third kappa shape index (κ3) is 3.44. The highest BCUT2D eigenvalue weighted by Gasteiger charge is 2.06. The van der Waals surface area contributed by atoms with Crippen molar-refractivity contribution >= 4 is 5.78 Å². The minimum atomic E-state index is 0.176. The summed E-state index contributed by atoms with van der Waals surface area (Å²) in [4.78, 5) is 11.1. The van der Waals surface area contributed by atoms with Crippen LogP contribution in [0.15, 0.2) is 11.6 Å². The first-order valence-electron chi connectivity index (χ1n) is 3.72. The number of Topliss-reactive ketones (excluding diaryl/α,β-unsaturated/α-hetero) is 1. The lowest BCUT2D eigenvalue weighted by atomic mass is 10.0. The standard InChI is InChI=1S/C9H16O/c1-5-8(4)6-9(10)7(2)3/h5,7H,6H2,1-4H3. The summed E-state index contributed by atoms with van der Waals surface area (Å²) in [6.07, 6.45) is 2.61. The monoisotopic (exact) mass is 140 g/mol. The number of carbonyl (C=O) groups excluding carboxylic acids is 1. The Morgan fingerprint density at radius 3 is 2.30 bits per heavy atom. The molecule has 0 fully saturated rings. The number of rotatable bonds is 3. The molecule has 0 heterocycles. The molecule has 0 atom stereocenters. The van der Waals surface area contributed by atoms with Crippen LogP contribution in [0.4, 0.5) is 0 Å². The molecule has 0 aliphatic carbocycles. The number of ketones is 1. The van der Waals surface area contributed by atoms with E-state index in [4.69, 9.17) is 0 Å². The van der Waals surface area contributed by atoms with E-state index in [1.807, 2.05) is 33.8 Å². The van der Waals surface area contributed by atoms with Gasteiger partial charge in [-0.1, -0.05) is 25.5 Å². The van der Waals surface area contributed by atoms with Crippen LogP contribution in [0, 0.1) is 5.92 Å². The Labute approximate surface area is 63.1 Å². The van der Waals surface area contributed by atoms with E-state index in [1.165, 1.54) is 5.57 Å². The van der Waals surface area contributed by atoms with Gasteiger partial charge < -0.3 is 0 Å². The fourth-order valence-electron chi connectivity index (χ4n) is 0.581. The average molecular weight is 140 g/mol. The summed E-state index contributed by atoms with van der Waals surface area (Å²) >= 11 is 0. The Balaban J connectivity index is 3.81. The highest BCUT2D eigenvalue weighted by Crippen LogP contribution is 2.05. The van der Waals surface area contributed by atoms with Crippen molar-refractivity contribution < 1.29 is 4.79 Å². The SMILES string of the molecule is CC=C(C)CC(=O)C(C)C. The molecule has 0 amide bonds. The van der Waals surface area contributed by atoms with E-state index < -0.39 is 0 Å². The van der Waals surface area contributed by atoms with E-state index in [0.29, 0.717) is 12.2 Å². The third-order valence-electron chi connectivity index (χ3n) is 1.59. The maximum absolute atomic E-state index is 11.1. The Bertz CT molecular complexity index is 143. The summed E-state index contributed by atoms with van der Waals surface area (Å²) in [6.45, 7) is 7.82. The fraction of sp³-hybridized carbons (Fsp3) is 0.667. The van der Waals surface area contributed by atoms with E-state index in [1.54, 1.807) is 0 Å². The molecule has 0 saturated heterocycles. The molecule has 0 saturated carbocycles. The van der Waals surface area contributed by atoms with Crippen LogP contribution >= 0.6 is 0 Å². The zero-order valence-corrected chi connectivity index (χ0v) is 7.27. The predicted octanol–water partition coefficient (Wildman–Crippen LogP) is 2.57. The van der Waals surface area contributed by atoms with Crippen LogP contribution in [-0.4, -0.2) is 5.78 Å². The Kier molecular flexibility index (Phi) is 4.01. The van der Waals surface area contributed by atoms with Crippen molar-refractivity contribution in [3.05, 3.63) is 11.6 Å². The molecule has 0 N–H and O–H groups in total. The fourth-order valence-corrected chi connectivity index (χ4v) is 0.581. The Morgan fingerprint density at radius 2 is 2.00 bits per heavy atom. The number of carbonyl (C=O) groups is 1. The van der Waals surface area contributed by atoms with Gasteiger partial charge in [-0.3, -0.25) is 4.79 Å². The lowest BCUT2D eigenvalue weighted by Crippen LogP contribution is -2.06. The molecular formula is C9H16O. The zero-order chi connectivity index (χ0) is 8.15. The topological polar surface area (TPSA) is 17.1 Å². The van der Waals surface area contributed by atoms with Crippen molar-refractivity contribution in [3.63, 3.8) is 0 Å². The second-order valence-electron chi connectivity index (χ2n) is 2.93. The Hall–Kier alpha value is -0.590. The van der Waals surface area contributed by atoms with Crippen LogP contribution in [0.25, 0.3) is 0 Å². The van der Waals surface area contributed by atoms with Crippen LogP contribution in [-0.2, 0) is 4.79 Å². The first-order chi connectivity index (χ1) is 4.57. The van der Waals surface area contributed by atoms with Crippen LogP contribution in [0.5, 0.6) is 0 Å². The molecule has 0 aliphatic heterocycles. The number of hydrogen-bond acceptors (Lipinski definition) is 1. The first-order valence-corrected chi connectivity index (χ1v) is 3.72. The van der Waals surface area contributed by atoms with Gasteiger partial charge >= 0.3 is 0 Å². The minimum Gasteiger partial charge on any atom is -0.299 e. The molecule has 0 unspecified atom stereocenters. The van der Waals surface area contributed by atoms with E-state index in [0.717, 1.165) is 0 Å². The minimum absolute atomic E-state index is 0.176. The molecule has 58 valence electrons. The van der Waals surface area contributed by atoms with Gasteiger partial charge in [0.05, 0.1) is 0 Å². The second kappa shape index (κ2) is 4.26. The van der Waals surface area contributed by atoms with Gasteiger partial charge in [-0.2, -0.15) is 0 Å². The lowest BCUT2D eigenvalue weighted by Gasteiger charge is -2.02. The van der Waals surface area contributed by atoms with Crippen molar-refractivity contribution in [2.24, 2.45) is 5.92 Å². The van der Waals surface area contributed by atoms with Gasteiger partial charge in [0.2, 0.25) is 0 Å². The Morgan fingerprint density at radius 1 is 1.50 bits per heavy atom. The maximum atomic E-state index is 11.1. The maximum Gasteiger partial charge on any atom is 0.139 e. The molecule has 0 bridgehead atoms. The summed E-state index contributed by atoms with van der Waals surface area (Å²) in [5.41, 5.74) is 1.17. The number of allylic oxidation sites excluding steroid dienone is 2. The van der Waals surface area contributed by atoms with Gasteiger partial charge in [0.25, 0.3) is 0 Å². The summed E-state index contributed by atoms with van der Waals surface area (Å²) in [7, 11) is 0. The van der Waals surface area contributed by atoms with Crippen LogP contribution < -0.4 is 0 Å². The largest absolute Gasteiger partial charge is 0.299 e. The quantitative estimate of drug-likeness (QED) is 0.551. The molecule has 0 radical (unpaired) electrons. The van der Waals surface area contributed by atoms with Gasteiger partial charge in [-0.05, 0) is 13.8 Å². The highest BCUT2D eigenvalue weighted by atomic mass is 16.1. The summed E-state index contributed by atoms with van der Waals surface area (Å²) < 4.78 is 0. The van der Waals surface area contributed by atoms with Crippen molar-refractivity contribution in [2.75, 3.05) is 0 Å². The molecule has 0 spiro atoms. The van der Waals surface area contributed by atoms with Crippen LogP contribution in [0.3, 0.4) is 0 Å². The summed E-state index contributed by atoms with van der Waals surface area (Å²) in [5, 5.41) is 0. The third-order valence-corrected chi connectivity index (χ3v) is 1.59. The molecule has 10 heavy (non-hydrogen) atoms. The highest BCUT2D eigenvalue weighted by molar-refractivity contribution is 5.82. The van der Waals surface area contributed by atoms with Crippen LogP contribution in [0.1, 0.15) is 34.1 Å². The van der Waals surface area contributed by atoms with Gasteiger partial charge in [-0.25, -0.2) is 0 Å². The molecular weight excluding hydrogens is 124 g/mol. The van der Waals surface area contributed by atoms with Gasteiger partial charge in [0, 0.05) is 12.3 Å². The summed E-state index contributed by atoms with van der Waals surface area (Å²) in [5.74, 6) is 0.505. The number of hydrogen-bond donors (Lipinski definition) is 0. The molecule has 0 aromatic rings. The van der Waals surface area contributed by atoms with Crippen molar-refractivity contribution in [3.8, 4) is 0 Å². The molecule has 1 nitrogen and oxygen atoms in total. The lowest BCUT2D eigenvalue weighted by molar-refractivity contribution is -0.121. The second-order valence-corrected chi connectivity index (χ2v) is 2.93. The summed E-state index contributed by atoms with van der Waals surface area (Å²) in [6, 6.07) is 0. The first kappa shape index (κ1) is 9.41. The van der Waals surface area contributed by atoms with Gasteiger partial charge in [0.1, 0.15) is 5.78 Å². The smallest absolute Gasteiger partial charge is 0.139 e. The normalized spacial score (nSPS) is 12.3. The molecule has 0 aromatic heterocycles. The van der Waals surface area contributed by atoms with E-state index >= 15 is 0 Å². The van der Waals surface area contributed by atoms with E-state index in [-0.39, 0.29) is 5.92 Å². The molecule has 0 aromatic carbocycles. The van der Waals surface area contributed by atoms with E-state index in [9.17, 15) is 4.79 Å².